The van der Waals surface area contributed by atoms with Crippen LogP contribution in [0.3, 0.4) is 0 Å². The van der Waals surface area contributed by atoms with Crippen molar-refractivity contribution in [3.8, 4) is 0 Å². The van der Waals surface area contributed by atoms with Crippen molar-refractivity contribution in [1.29, 1.82) is 0 Å². The average Bonchev–Trinajstić information content (AvgIpc) is 2.36. The van der Waals surface area contributed by atoms with Crippen LogP contribution in [-0.2, 0) is 6.54 Å². The first-order valence-electron chi connectivity index (χ1n) is 5.36. The molecule has 2 aromatic heterocycles. The molecule has 0 aliphatic rings. The van der Waals surface area contributed by atoms with Gasteiger partial charge < -0.3 is 10.7 Å². The zero-order chi connectivity index (χ0) is 12.7. The summed E-state index contributed by atoms with van der Waals surface area (Å²) in [6, 6.07) is 7.06. The van der Waals surface area contributed by atoms with Crippen LogP contribution in [0.4, 0.5) is 0 Å². The van der Waals surface area contributed by atoms with E-state index >= 15 is 0 Å². The van der Waals surface area contributed by atoms with E-state index in [1.54, 1.807) is 18.2 Å². The number of H-pyrrole nitrogens is 1. The minimum Gasteiger partial charge on any atom is -0.324 e. The van der Waals surface area contributed by atoms with Crippen LogP contribution in [0.15, 0.2) is 29.1 Å². The van der Waals surface area contributed by atoms with E-state index < -0.39 is 0 Å². The highest BCUT2D eigenvalue weighted by atomic mass is 35.5. The maximum absolute atomic E-state index is 11.9. The molecular formula is C12H9ClN4O. The fraction of sp³-hybridized carbons (Fsp3) is 0.0833. The Hall–Kier alpha value is -1.98. The third-order valence-corrected chi connectivity index (χ3v) is 2.93. The lowest BCUT2D eigenvalue weighted by molar-refractivity contribution is 0.908. The maximum atomic E-state index is 11.9. The number of pyridine rings is 1. The van der Waals surface area contributed by atoms with E-state index in [0.717, 1.165) is 5.39 Å². The van der Waals surface area contributed by atoms with Crippen LogP contribution < -0.4 is 11.3 Å². The van der Waals surface area contributed by atoms with Gasteiger partial charge in [-0.05, 0) is 18.2 Å². The minimum atomic E-state index is -0.232. The Labute approximate surface area is 107 Å². The van der Waals surface area contributed by atoms with E-state index in [0.29, 0.717) is 27.4 Å². The number of nitrogens with one attached hydrogen (secondary N) is 1. The average molecular weight is 261 g/mol. The summed E-state index contributed by atoms with van der Waals surface area (Å²) in [6.07, 6.45) is 0. The minimum absolute atomic E-state index is 0.167. The van der Waals surface area contributed by atoms with E-state index in [1.807, 2.05) is 6.07 Å². The fourth-order valence-corrected chi connectivity index (χ4v) is 2.00. The number of aromatic amines is 1. The molecule has 0 aliphatic heterocycles. The van der Waals surface area contributed by atoms with Crippen LogP contribution in [0.25, 0.3) is 21.9 Å². The van der Waals surface area contributed by atoms with E-state index in [2.05, 4.69) is 15.0 Å². The highest BCUT2D eigenvalue weighted by Crippen LogP contribution is 2.20. The van der Waals surface area contributed by atoms with Crippen molar-refractivity contribution >= 4 is 33.5 Å². The summed E-state index contributed by atoms with van der Waals surface area (Å²) >= 11 is 5.91. The maximum Gasteiger partial charge on any atom is 0.260 e. The quantitative estimate of drug-likeness (QED) is 0.651. The fourth-order valence-electron chi connectivity index (χ4n) is 1.83. The Kier molecular flexibility index (Phi) is 2.50. The number of nitrogens with two attached hydrogens (primary N) is 1. The van der Waals surface area contributed by atoms with Crippen molar-refractivity contribution in [3.05, 3.63) is 45.5 Å². The number of fused-ring (bicyclic) bond motifs is 2. The number of halogens is 1. The smallest absolute Gasteiger partial charge is 0.260 e. The van der Waals surface area contributed by atoms with E-state index in [-0.39, 0.29) is 12.1 Å². The molecule has 0 saturated heterocycles. The lowest BCUT2D eigenvalue weighted by atomic mass is 10.2. The third-order valence-electron chi connectivity index (χ3n) is 2.70. The zero-order valence-corrected chi connectivity index (χ0v) is 10.0. The van der Waals surface area contributed by atoms with Gasteiger partial charge in [-0.15, -0.1) is 0 Å². The topological polar surface area (TPSA) is 84.7 Å². The van der Waals surface area contributed by atoms with Gasteiger partial charge in [0.1, 0.15) is 5.82 Å². The summed E-state index contributed by atoms with van der Waals surface area (Å²) in [5, 5.41) is 1.89. The number of nitrogens with zero attached hydrogens (tertiary/aromatic N) is 2. The van der Waals surface area contributed by atoms with Crippen molar-refractivity contribution in [2.45, 2.75) is 6.54 Å². The summed E-state index contributed by atoms with van der Waals surface area (Å²) in [5.74, 6) is 0.418. The Morgan fingerprint density at radius 2 is 2.11 bits per heavy atom. The summed E-state index contributed by atoms with van der Waals surface area (Å²) < 4.78 is 0. The molecule has 0 spiro atoms. The molecular weight excluding hydrogens is 252 g/mol. The first-order chi connectivity index (χ1) is 8.67. The molecule has 0 unspecified atom stereocenters. The van der Waals surface area contributed by atoms with Crippen molar-refractivity contribution in [2.24, 2.45) is 5.73 Å². The molecule has 0 saturated carbocycles. The highest BCUT2D eigenvalue weighted by molar-refractivity contribution is 6.31. The normalized spacial score (nSPS) is 11.2. The van der Waals surface area contributed by atoms with Crippen LogP contribution in [0.1, 0.15) is 5.82 Å². The molecule has 5 nitrogen and oxygen atoms in total. The van der Waals surface area contributed by atoms with Gasteiger partial charge in [0.2, 0.25) is 0 Å². The van der Waals surface area contributed by atoms with Gasteiger partial charge in [-0.3, -0.25) is 4.79 Å². The predicted molar refractivity (Wildman–Crippen MR) is 70.6 cm³/mol. The number of benzene rings is 1. The second kappa shape index (κ2) is 4.04. The Morgan fingerprint density at radius 3 is 2.89 bits per heavy atom. The van der Waals surface area contributed by atoms with Gasteiger partial charge in [-0.1, -0.05) is 17.7 Å². The molecule has 0 bridgehead atoms. The highest BCUT2D eigenvalue weighted by Gasteiger charge is 2.06. The van der Waals surface area contributed by atoms with Gasteiger partial charge in [-0.25, -0.2) is 9.97 Å². The van der Waals surface area contributed by atoms with Gasteiger partial charge in [0.15, 0.2) is 5.65 Å². The molecule has 2 heterocycles. The third kappa shape index (κ3) is 1.73. The molecule has 3 N–H and O–H groups in total. The molecule has 3 rings (SSSR count). The van der Waals surface area contributed by atoms with Crippen LogP contribution in [0.5, 0.6) is 0 Å². The number of hydrogen-bond donors (Lipinski definition) is 2. The van der Waals surface area contributed by atoms with E-state index in [9.17, 15) is 4.79 Å². The van der Waals surface area contributed by atoms with Crippen molar-refractivity contribution < 1.29 is 0 Å². The number of hydrogen-bond acceptors (Lipinski definition) is 4. The Morgan fingerprint density at radius 1 is 1.28 bits per heavy atom. The lowest BCUT2D eigenvalue weighted by Gasteiger charge is -2.02. The SMILES string of the molecule is NCc1nc2nc3cc(Cl)ccc3cc2c(=O)[nH]1. The summed E-state index contributed by atoms with van der Waals surface area (Å²) in [5.41, 5.74) is 6.32. The summed E-state index contributed by atoms with van der Waals surface area (Å²) in [4.78, 5) is 23.0. The second-order valence-corrected chi connectivity index (χ2v) is 4.35. The molecule has 0 amide bonds. The van der Waals surface area contributed by atoms with Crippen LogP contribution in [-0.4, -0.2) is 15.0 Å². The first-order valence-corrected chi connectivity index (χ1v) is 5.74. The molecule has 0 atom stereocenters. The van der Waals surface area contributed by atoms with E-state index in [4.69, 9.17) is 17.3 Å². The lowest BCUT2D eigenvalue weighted by Crippen LogP contribution is -2.15. The molecule has 90 valence electrons. The van der Waals surface area contributed by atoms with Crippen LogP contribution in [0.2, 0.25) is 5.02 Å². The molecule has 3 aromatic rings. The molecule has 0 radical (unpaired) electrons. The predicted octanol–water partition coefficient (Wildman–Crippen LogP) is 1.58. The second-order valence-electron chi connectivity index (χ2n) is 3.91. The zero-order valence-electron chi connectivity index (χ0n) is 9.27. The van der Waals surface area contributed by atoms with Gasteiger partial charge in [0.05, 0.1) is 17.4 Å². The van der Waals surface area contributed by atoms with Crippen molar-refractivity contribution in [2.75, 3.05) is 0 Å². The van der Waals surface area contributed by atoms with Gasteiger partial charge >= 0.3 is 0 Å². The standard InChI is InChI=1S/C12H9ClN4O/c13-7-2-1-6-3-8-11(15-9(6)4-7)16-10(5-14)17-12(8)18/h1-4H,5,14H2,(H,15,16,17,18). The summed E-state index contributed by atoms with van der Waals surface area (Å²) in [6.45, 7) is 0.167. The van der Waals surface area contributed by atoms with Crippen LogP contribution in [0, 0.1) is 0 Å². The van der Waals surface area contributed by atoms with Crippen LogP contribution >= 0.6 is 11.6 Å². The molecule has 6 heteroatoms. The molecule has 18 heavy (non-hydrogen) atoms. The Bertz CT molecular complexity index is 812. The van der Waals surface area contributed by atoms with Crippen molar-refractivity contribution in [1.82, 2.24) is 15.0 Å². The number of rotatable bonds is 1. The molecule has 1 aromatic carbocycles. The van der Waals surface area contributed by atoms with Gasteiger partial charge in [0, 0.05) is 10.4 Å². The monoisotopic (exact) mass is 260 g/mol. The van der Waals surface area contributed by atoms with Gasteiger partial charge in [0.25, 0.3) is 5.56 Å². The summed E-state index contributed by atoms with van der Waals surface area (Å²) in [7, 11) is 0. The first kappa shape index (κ1) is 11.1. The van der Waals surface area contributed by atoms with E-state index in [1.165, 1.54) is 0 Å². The molecule has 0 aliphatic carbocycles. The number of aromatic nitrogens is 3. The van der Waals surface area contributed by atoms with Crippen molar-refractivity contribution in [3.63, 3.8) is 0 Å². The largest absolute Gasteiger partial charge is 0.324 e. The molecule has 0 fully saturated rings. The van der Waals surface area contributed by atoms with Gasteiger partial charge in [-0.2, -0.15) is 0 Å². The Balaban J connectivity index is 2.45.